The molecule has 0 radical (unpaired) electrons. The van der Waals surface area contributed by atoms with Crippen molar-refractivity contribution in [2.75, 3.05) is 6.61 Å². The van der Waals surface area contributed by atoms with Gasteiger partial charge in [0.15, 0.2) is 0 Å². The molecule has 2 N–H and O–H groups in total. The van der Waals surface area contributed by atoms with E-state index in [1.165, 1.54) is 6.08 Å². The molecule has 0 rings (SSSR count). The van der Waals surface area contributed by atoms with Crippen LogP contribution in [0.1, 0.15) is 0 Å². The molecule has 0 saturated carbocycles. The Morgan fingerprint density at radius 3 is 2.56 bits per heavy atom. The van der Waals surface area contributed by atoms with E-state index >= 15 is 0 Å². The first-order valence-corrected chi connectivity index (χ1v) is 4.13. The molecule has 0 aliphatic carbocycles. The van der Waals surface area contributed by atoms with Crippen LogP contribution in [0.3, 0.4) is 0 Å². The van der Waals surface area contributed by atoms with Crippen molar-refractivity contribution in [3.8, 4) is 0 Å². The molecular formula is C3H7ClO4Si. The van der Waals surface area contributed by atoms with Crippen LogP contribution in [-0.4, -0.2) is 25.2 Å². The van der Waals surface area contributed by atoms with Crippen LogP contribution in [0.5, 0.6) is 0 Å². The Morgan fingerprint density at radius 1 is 1.67 bits per heavy atom. The third kappa shape index (κ3) is 4.58. The van der Waals surface area contributed by atoms with Gasteiger partial charge in [-0.2, -0.15) is 0 Å². The Bertz CT molecular complexity index is 95.8. The van der Waals surface area contributed by atoms with E-state index in [1.807, 2.05) is 0 Å². The fraction of sp³-hybridized carbons (Fsp3) is 0.333. The van der Waals surface area contributed by atoms with Crippen LogP contribution in [0.25, 0.3) is 0 Å². The van der Waals surface area contributed by atoms with E-state index in [0.717, 1.165) is 0 Å². The summed E-state index contributed by atoms with van der Waals surface area (Å²) in [7, 11) is -4.00. The van der Waals surface area contributed by atoms with E-state index in [2.05, 4.69) is 26.8 Å². The maximum absolute atomic E-state index is 8.52. The van der Waals surface area contributed by atoms with Crippen LogP contribution in [0, 0.1) is 0 Å². The Morgan fingerprint density at radius 2 is 2.22 bits per heavy atom. The molecule has 0 aromatic rings. The minimum Gasteiger partial charge on any atom is -0.367 e. The van der Waals surface area contributed by atoms with Gasteiger partial charge in [-0.1, -0.05) is 6.08 Å². The van der Waals surface area contributed by atoms with Crippen molar-refractivity contribution in [3.63, 3.8) is 0 Å². The minimum absolute atomic E-state index is 0.00590. The molecule has 0 atom stereocenters. The summed E-state index contributed by atoms with van der Waals surface area (Å²) in [4.78, 5) is 17.0. The van der Waals surface area contributed by atoms with Crippen LogP contribution >= 0.6 is 11.9 Å². The van der Waals surface area contributed by atoms with Gasteiger partial charge in [0.05, 0.1) is 18.5 Å². The molecule has 0 aliphatic rings. The first kappa shape index (κ1) is 9.09. The lowest BCUT2D eigenvalue weighted by atomic mass is 10.7. The highest BCUT2D eigenvalue weighted by Gasteiger charge is 2.36. The summed E-state index contributed by atoms with van der Waals surface area (Å²) in [5.41, 5.74) is 0. The summed E-state index contributed by atoms with van der Waals surface area (Å²) in [6.45, 7) is 3.28. The van der Waals surface area contributed by atoms with Gasteiger partial charge in [-0.15, -0.1) is 6.58 Å². The molecule has 0 amide bonds. The number of halogens is 1. The average Bonchev–Trinajstić information content (AvgIpc) is 1.84. The molecular weight excluding hydrogens is 164 g/mol. The molecule has 0 bridgehead atoms. The molecule has 0 aromatic carbocycles. The molecule has 0 aliphatic heterocycles. The van der Waals surface area contributed by atoms with Gasteiger partial charge in [-0.3, -0.25) is 0 Å². The van der Waals surface area contributed by atoms with Gasteiger partial charge in [0, 0.05) is 0 Å². The second-order valence-corrected chi connectivity index (χ2v) is 3.23. The third-order valence-electron chi connectivity index (χ3n) is 0.490. The van der Waals surface area contributed by atoms with Crippen molar-refractivity contribution in [1.82, 2.24) is 0 Å². The fourth-order valence-corrected chi connectivity index (χ4v) is 0.703. The highest BCUT2D eigenvalue weighted by molar-refractivity contribution is 6.55. The van der Waals surface area contributed by atoms with E-state index < -0.39 is 9.05 Å². The van der Waals surface area contributed by atoms with Gasteiger partial charge in [0.25, 0.3) is 0 Å². The second kappa shape index (κ2) is 3.99. The zero-order chi connectivity index (χ0) is 7.33. The smallest absolute Gasteiger partial charge is 0.367 e. The Labute approximate surface area is 58.9 Å². The Balaban J connectivity index is 3.44. The fourth-order valence-electron chi connectivity index (χ4n) is 0.190. The van der Waals surface area contributed by atoms with Crippen LogP contribution in [0.4, 0.5) is 0 Å². The van der Waals surface area contributed by atoms with E-state index in [-0.39, 0.29) is 6.61 Å². The molecule has 4 nitrogen and oxygen atoms in total. The molecule has 0 unspecified atom stereocenters. The highest BCUT2D eigenvalue weighted by Crippen LogP contribution is 1.99. The highest BCUT2D eigenvalue weighted by atomic mass is 35.5. The number of rotatable bonds is 4. The van der Waals surface area contributed by atoms with Crippen molar-refractivity contribution in [2.45, 2.75) is 0 Å². The summed E-state index contributed by atoms with van der Waals surface area (Å²) in [5, 5.41) is 0. The van der Waals surface area contributed by atoms with Gasteiger partial charge >= 0.3 is 9.05 Å². The molecule has 0 heterocycles. The van der Waals surface area contributed by atoms with Gasteiger partial charge in [-0.05, 0) is 0 Å². The largest absolute Gasteiger partial charge is 0.691 e. The van der Waals surface area contributed by atoms with E-state index in [9.17, 15) is 0 Å². The molecule has 0 fully saturated rings. The molecule has 9 heavy (non-hydrogen) atoms. The van der Waals surface area contributed by atoms with Gasteiger partial charge in [0.1, 0.15) is 0 Å². The summed E-state index contributed by atoms with van der Waals surface area (Å²) in [5.74, 6) is 0. The Kier molecular flexibility index (Phi) is 4.03. The SMILES string of the molecule is C=CCO[Si](O)(O)OCl. The molecule has 6 heteroatoms. The quantitative estimate of drug-likeness (QED) is 0.453. The van der Waals surface area contributed by atoms with E-state index in [1.54, 1.807) is 0 Å². The van der Waals surface area contributed by atoms with Crippen LogP contribution in [0.15, 0.2) is 12.7 Å². The lowest BCUT2D eigenvalue weighted by molar-refractivity contribution is 0.0890. The molecule has 0 saturated heterocycles. The van der Waals surface area contributed by atoms with E-state index in [0.29, 0.717) is 0 Å². The van der Waals surface area contributed by atoms with Crippen molar-refractivity contribution in [3.05, 3.63) is 12.7 Å². The van der Waals surface area contributed by atoms with E-state index in [4.69, 9.17) is 9.59 Å². The predicted molar refractivity (Wildman–Crippen MR) is 33.3 cm³/mol. The summed E-state index contributed by atoms with van der Waals surface area (Å²) >= 11 is 4.63. The van der Waals surface area contributed by atoms with Crippen molar-refractivity contribution in [1.29, 1.82) is 0 Å². The average molecular weight is 171 g/mol. The summed E-state index contributed by atoms with van der Waals surface area (Å²) in [6.07, 6.45) is 1.35. The second-order valence-electron chi connectivity index (χ2n) is 1.23. The Hall–Kier alpha value is 0.0869. The summed E-state index contributed by atoms with van der Waals surface area (Å²) in [6, 6.07) is 0. The van der Waals surface area contributed by atoms with Crippen LogP contribution in [-0.2, 0) is 8.40 Å². The standard InChI is InChI=1S/C3H7ClO4Si/c1-2-3-7-9(5,6)8-4/h2,5-6H,1,3H2. The third-order valence-corrected chi connectivity index (χ3v) is 1.84. The summed E-state index contributed by atoms with van der Waals surface area (Å²) < 4.78 is 8.00. The van der Waals surface area contributed by atoms with Crippen molar-refractivity contribution < 1.29 is 18.0 Å². The van der Waals surface area contributed by atoms with Gasteiger partial charge in [0.2, 0.25) is 0 Å². The monoisotopic (exact) mass is 170 g/mol. The zero-order valence-electron chi connectivity index (χ0n) is 4.58. The lowest BCUT2D eigenvalue weighted by Crippen LogP contribution is -2.40. The zero-order valence-corrected chi connectivity index (χ0v) is 6.34. The van der Waals surface area contributed by atoms with Crippen molar-refractivity contribution in [2.24, 2.45) is 0 Å². The maximum Gasteiger partial charge on any atom is 0.691 e. The maximum atomic E-state index is 8.52. The van der Waals surface area contributed by atoms with Crippen LogP contribution < -0.4 is 0 Å². The molecule has 54 valence electrons. The van der Waals surface area contributed by atoms with Gasteiger partial charge < -0.3 is 14.0 Å². The predicted octanol–water partition coefficient (Wildman–Crippen LogP) is -0.220. The van der Waals surface area contributed by atoms with Crippen LogP contribution in [0.2, 0.25) is 0 Å². The van der Waals surface area contributed by atoms with Gasteiger partial charge in [-0.25, -0.2) is 3.98 Å². The lowest BCUT2D eigenvalue weighted by Gasteiger charge is -2.09. The van der Waals surface area contributed by atoms with Crippen molar-refractivity contribution >= 4 is 20.9 Å². The number of hydrogen-bond donors (Lipinski definition) is 2. The minimum atomic E-state index is -4.00. The molecule has 0 spiro atoms. The molecule has 0 aromatic heterocycles. The first-order valence-electron chi connectivity index (χ1n) is 2.11. The first-order chi connectivity index (χ1) is 4.12. The topological polar surface area (TPSA) is 58.9 Å². The number of hydrogen-bond acceptors (Lipinski definition) is 4. The normalized spacial score (nSPS) is 11.4.